The zero-order valence-electron chi connectivity index (χ0n) is 25.0. The monoisotopic (exact) mass is 631 g/mol. The number of nitrogens with zero attached hydrogens (tertiary/aromatic N) is 1. The number of amides is 1. The standard InChI is InChI=1S/C34H37N3O5S2/c1-24-9-7-8-12-29(24)31-21-26(13-18-30(31)33(38)36-32(19-20-43-3)34(39)40-2)23-37(22-25-10-5-4-6-11-25)27-14-16-28(17-15-27)44-42-41-35/h4-18,21,32H,19-20,22-23,35H2,1-3H3,(H,36,38)/t32-/m0/s1. The number of ether oxygens (including phenoxy) is 1. The summed E-state index contributed by atoms with van der Waals surface area (Å²) in [7, 11) is 1.34. The van der Waals surface area contributed by atoms with E-state index in [1.165, 1.54) is 12.7 Å². The first-order chi connectivity index (χ1) is 21.4. The third kappa shape index (κ3) is 9.10. The molecule has 0 aliphatic heterocycles. The lowest BCUT2D eigenvalue weighted by Gasteiger charge is -2.26. The van der Waals surface area contributed by atoms with E-state index in [1.54, 1.807) is 11.8 Å². The highest BCUT2D eigenvalue weighted by atomic mass is 32.2. The Balaban J connectivity index is 1.69. The number of esters is 1. The van der Waals surface area contributed by atoms with Crippen LogP contribution in [0.25, 0.3) is 11.1 Å². The molecule has 0 spiro atoms. The van der Waals surface area contributed by atoms with Gasteiger partial charge >= 0.3 is 5.97 Å². The van der Waals surface area contributed by atoms with E-state index in [-0.39, 0.29) is 5.91 Å². The predicted molar refractivity (Wildman–Crippen MR) is 178 cm³/mol. The topological polar surface area (TPSA) is 103 Å². The van der Waals surface area contributed by atoms with Gasteiger partial charge in [-0.3, -0.25) is 4.79 Å². The van der Waals surface area contributed by atoms with Gasteiger partial charge in [0.1, 0.15) is 6.04 Å². The van der Waals surface area contributed by atoms with Gasteiger partial charge in [-0.1, -0.05) is 60.7 Å². The Hall–Kier alpha value is -3.80. The highest BCUT2D eigenvalue weighted by Gasteiger charge is 2.24. The number of benzene rings is 4. The Kier molecular flexibility index (Phi) is 12.7. The zero-order chi connectivity index (χ0) is 31.3. The quantitative estimate of drug-likeness (QED) is 0.0640. The second-order valence-electron chi connectivity index (χ2n) is 10.1. The fourth-order valence-electron chi connectivity index (χ4n) is 4.88. The van der Waals surface area contributed by atoms with Crippen LogP contribution >= 0.6 is 23.8 Å². The van der Waals surface area contributed by atoms with Crippen LogP contribution in [0.2, 0.25) is 0 Å². The Morgan fingerprint density at radius 3 is 2.27 bits per heavy atom. The number of carbonyl (C=O) groups is 2. The van der Waals surface area contributed by atoms with E-state index in [0.717, 1.165) is 44.9 Å². The summed E-state index contributed by atoms with van der Waals surface area (Å²) in [5.41, 5.74) is 6.51. The largest absolute Gasteiger partial charge is 0.467 e. The van der Waals surface area contributed by atoms with E-state index in [0.29, 0.717) is 30.8 Å². The number of methoxy groups -OCH3 is 1. The average molecular weight is 632 g/mol. The Bertz CT molecular complexity index is 1520. The number of hydrogen-bond donors (Lipinski definition) is 2. The van der Waals surface area contributed by atoms with Crippen LogP contribution in [0, 0.1) is 6.92 Å². The average Bonchev–Trinajstić information content (AvgIpc) is 3.05. The van der Waals surface area contributed by atoms with Crippen LogP contribution in [0.15, 0.2) is 102 Å². The van der Waals surface area contributed by atoms with E-state index >= 15 is 0 Å². The lowest BCUT2D eigenvalue weighted by Crippen LogP contribution is -2.42. The second kappa shape index (κ2) is 16.9. The van der Waals surface area contributed by atoms with Gasteiger partial charge in [-0.15, -0.1) is 9.32 Å². The van der Waals surface area contributed by atoms with Crippen molar-refractivity contribution in [3.63, 3.8) is 0 Å². The lowest BCUT2D eigenvalue weighted by atomic mass is 9.93. The third-order valence-electron chi connectivity index (χ3n) is 7.13. The van der Waals surface area contributed by atoms with Gasteiger partial charge in [0, 0.05) is 29.2 Å². The van der Waals surface area contributed by atoms with Crippen molar-refractivity contribution in [2.45, 2.75) is 37.4 Å². The minimum absolute atomic E-state index is 0.316. The molecule has 10 heteroatoms. The summed E-state index contributed by atoms with van der Waals surface area (Å²) >= 11 is 2.64. The van der Waals surface area contributed by atoms with Crippen LogP contribution in [-0.4, -0.2) is 37.0 Å². The van der Waals surface area contributed by atoms with Gasteiger partial charge < -0.3 is 15.0 Å². The van der Waals surface area contributed by atoms with Gasteiger partial charge in [0.15, 0.2) is 0 Å². The molecule has 0 fully saturated rings. The highest BCUT2D eigenvalue weighted by molar-refractivity contribution is 7.98. The number of thioether (sulfide) groups is 1. The Morgan fingerprint density at radius 1 is 0.886 bits per heavy atom. The molecular formula is C34H37N3O5S2. The van der Waals surface area contributed by atoms with Crippen molar-refractivity contribution in [2.75, 3.05) is 24.0 Å². The zero-order valence-corrected chi connectivity index (χ0v) is 26.7. The molecule has 4 rings (SSSR count). The molecule has 0 saturated heterocycles. The van der Waals surface area contributed by atoms with Crippen LogP contribution in [0.3, 0.4) is 0 Å². The Morgan fingerprint density at radius 2 is 1.59 bits per heavy atom. The van der Waals surface area contributed by atoms with Gasteiger partial charge in [-0.2, -0.15) is 17.7 Å². The molecule has 4 aromatic rings. The molecule has 0 aliphatic rings. The van der Waals surface area contributed by atoms with Crippen molar-refractivity contribution in [3.05, 3.63) is 119 Å². The summed E-state index contributed by atoms with van der Waals surface area (Å²) in [5, 5.41) is 2.92. The van der Waals surface area contributed by atoms with Crippen molar-refractivity contribution in [1.29, 1.82) is 0 Å². The fraction of sp³-hybridized carbons (Fsp3) is 0.235. The van der Waals surface area contributed by atoms with Gasteiger partial charge in [0.2, 0.25) is 0 Å². The van der Waals surface area contributed by atoms with Crippen molar-refractivity contribution in [3.8, 4) is 11.1 Å². The molecule has 44 heavy (non-hydrogen) atoms. The number of anilines is 1. The maximum atomic E-state index is 13.7. The van der Waals surface area contributed by atoms with E-state index in [2.05, 4.69) is 33.4 Å². The number of hydrogen-bond acceptors (Lipinski definition) is 9. The molecule has 0 aromatic heterocycles. The molecular weight excluding hydrogens is 595 g/mol. The van der Waals surface area contributed by atoms with Crippen LogP contribution in [0.4, 0.5) is 5.69 Å². The molecule has 0 unspecified atom stereocenters. The molecule has 1 amide bonds. The van der Waals surface area contributed by atoms with Crippen LogP contribution in [-0.2, 0) is 31.9 Å². The second-order valence-corrected chi connectivity index (χ2v) is 11.9. The number of carbonyl (C=O) groups excluding carboxylic acids is 2. The molecule has 8 nitrogen and oxygen atoms in total. The molecule has 0 saturated carbocycles. The molecule has 1 atom stereocenters. The maximum Gasteiger partial charge on any atom is 0.328 e. The first-order valence-corrected chi connectivity index (χ1v) is 16.2. The van der Waals surface area contributed by atoms with E-state index < -0.39 is 12.0 Å². The normalized spacial score (nSPS) is 11.5. The van der Waals surface area contributed by atoms with Gasteiger partial charge in [-0.25, -0.2) is 4.79 Å². The van der Waals surface area contributed by atoms with E-state index in [1.807, 2.05) is 92.0 Å². The van der Waals surface area contributed by atoms with Gasteiger partial charge in [0.25, 0.3) is 5.91 Å². The summed E-state index contributed by atoms with van der Waals surface area (Å²) in [6.45, 7) is 3.29. The SMILES string of the molecule is COC(=O)[C@H](CCSC)NC(=O)c1ccc(CN(Cc2ccccc2)c2ccc(SOON)cc2)cc1-c1ccccc1C. The Labute approximate surface area is 267 Å². The minimum Gasteiger partial charge on any atom is -0.467 e. The molecule has 4 aromatic carbocycles. The van der Waals surface area contributed by atoms with Crippen molar-refractivity contribution in [2.24, 2.45) is 5.90 Å². The number of nitrogens with two attached hydrogens (primary N) is 1. The number of rotatable bonds is 15. The van der Waals surface area contributed by atoms with Gasteiger partial charge in [0.05, 0.1) is 19.2 Å². The maximum absolute atomic E-state index is 13.7. The van der Waals surface area contributed by atoms with Crippen LogP contribution in [0.5, 0.6) is 0 Å². The summed E-state index contributed by atoms with van der Waals surface area (Å²) in [6.07, 6.45) is 2.44. The van der Waals surface area contributed by atoms with E-state index in [4.69, 9.17) is 15.0 Å². The summed E-state index contributed by atoms with van der Waals surface area (Å²) in [4.78, 5) is 33.5. The van der Waals surface area contributed by atoms with Crippen molar-refractivity contribution >= 4 is 41.4 Å². The van der Waals surface area contributed by atoms with Gasteiger partial charge in [-0.05, 0) is 89.6 Å². The molecule has 0 heterocycles. The van der Waals surface area contributed by atoms with Crippen molar-refractivity contribution in [1.82, 2.24) is 5.32 Å². The minimum atomic E-state index is -0.728. The molecule has 3 N–H and O–H groups in total. The summed E-state index contributed by atoms with van der Waals surface area (Å²) in [5.74, 6) is 4.93. The first-order valence-electron chi connectivity index (χ1n) is 14.1. The summed E-state index contributed by atoms with van der Waals surface area (Å²) in [6, 6.07) is 31.4. The van der Waals surface area contributed by atoms with Crippen molar-refractivity contribution < 1.29 is 23.6 Å². The third-order valence-corrected chi connectivity index (χ3v) is 8.38. The molecule has 0 aliphatic carbocycles. The van der Waals surface area contributed by atoms with Crippen LogP contribution in [0.1, 0.15) is 33.5 Å². The molecule has 0 radical (unpaired) electrons. The fourth-order valence-corrected chi connectivity index (χ4v) is 5.72. The smallest absolute Gasteiger partial charge is 0.328 e. The molecule has 0 bridgehead atoms. The molecule has 230 valence electrons. The first kappa shape index (κ1) is 33.1. The predicted octanol–water partition coefficient (Wildman–Crippen LogP) is 6.72. The van der Waals surface area contributed by atoms with Crippen LogP contribution < -0.4 is 16.1 Å². The highest BCUT2D eigenvalue weighted by Crippen LogP contribution is 2.31. The van der Waals surface area contributed by atoms with E-state index in [9.17, 15) is 9.59 Å². The number of nitrogens with one attached hydrogen (secondary N) is 1. The summed E-state index contributed by atoms with van der Waals surface area (Å²) < 4.78 is 9.76. The number of aryl methyl sites for hydroxylation is 1. The lowest BCUT2D eigenvalue weighted by molar-refractivity contribution is -0.195.